The molecule has 0 radical (unpaired) electrons. The van der Waals surface area contributed by atoms with E-state index in [1.807, 2.05) is 0 Å². The minimum atomic E-state index is -2.84. The summed E-state index contributed by atoms with van der Waals surface area (Å²) in [5.74, 6) is 0.280. The van der Waals surface area contributed by atoms with Gasteiger partial charge in [-0.25, -0.2) is 8.42 Å². The second-order valence-corrected chi connectivity index (χ2v) is 6.49. The van der Waals surface area contributed by atoms with Gasteiger partial charge in [0.05, 0.1) is 5.25 Å². The molecule has 0 amide bonds. The molecule has 1 saturated carbocycles. The third kappa shape index (κ3) is 2.70. The van der Waals surface area contributed by atoms with E-state index in [1.54, 1.807) is 6.92 Å². The van der Waals surface area contributed by atoms with Crippen LogP contribution in [0.3, 0.4) is 0 Å². The molecule has 4 heteroatoms. The van der Waals surface area contributed by atoms with Gasteiger partial charge in [0, 0.05) is 11.8 Å². The summed E-state index contributed by atoms with van der Waals surface area (Å²) in [4.78, 5) is 0. The number of sulfone groups is 1. The van der Waals surface area contributed by atoms with Gasteiger partial charge in [-0.15, -0.1) is 0 Å². The van der Waals surface area contributed by atoms with E-state index in [9.17, 15) is 8.42 Å². The lowest BCUT2D eigenvalue weighted by molar-refractivity contribution is 0.505. The van der Waals surface area contributed by atoms with E-state index in [0.29, 0.717) is 0 Å². The average molecular weight is 219 g/mol. The molecular weight excluding hydrogens is 198 g/mol. The molecule has 84 valence electrons. The van der Waals surface area contributed by atoms with Crippen molar-refractivity contribution in [2.45, 2.75) is 50.8 Å². The van der Waals surface area contributed by atoms with E-state index >= 15 is 0 Å². The van der Waals surface area contributed by atoms with Crippen LogP contribution in [0.15, 0.2) is 0 Å². The van der Waals surface area contributed by atoms with Crippen LogP contribution in [-0.2, 0) is 9.84 Å². The van der Waals surface area contributed by atoms with Gasteiger partial charge in [0.25, 0.3) is 0 Å². The fourth-order valence-electron chi connectivity index (χ4n) is 2.13. The lowest BCUT2D eigenvalue weighted by atomic mass is 10.2. The highest BCUT2D eigenvalue weighted by Gasteiger charge is 2.35. The molecule has 1 rings (SSSR count). The van der Waals surface area contributed by atoms with Crippen molar-refractivity contribution in [3.8, 4) is 0 Å². The first-order valence-electron chi connectivity index (χ1n) is 5.56. The Kier molecular flexibility index (Phi) is 4.38. The van der Waals surface area contributed by atoms with Gasteiger partial charge in [-0.2, -0.15) is 0 Å². The van der Waals surface area contributed by atoms with Gasteiger partial charge in [-0.3, -0.25) is 0 Å². The number of hydrogen-bond acceptors (Lipinski definition) is 3. The molecule has 14 heavy (non-hydrogen) atoms. The van der Waals surface area contributed by atoms with E-state index in [0.717, 1.165) is 32.2 Å². The Morgan fingerprint density at radius 1 is 1.29 bits per heavy atom. The van der Waals surface area contributed by atoms with Crippen LogP contribution in [0.2, 0.25) is 0 Å². The largest absolute Gasteiger partial charge is 0.313 e. The van der Waals surface area contributed by atoms with Crippen molar-refractivity contribution in [3.63, 3.8) is 0 Å². The van der Waals surface area contributed by atoms with E-state index in [1.165, 1.54) is 0 Å². The van der Waals surface area contributed by atoms with Gasteiger partial charge >= 0.3 is 0 Å². The molecule has 0 spiro atoms. The molecule has 1 fully saturated rings. The van der Waals surface area contributed by atoms with Crippen LogP contribution >= 0.6 is 0 Å². The quantitative estimate of drug-likeness (QED) is 0.759. The zero-order valence-corrected chi connectivity index (χ0v) is 9.94. The fraction of sp³-hybridized carbons (Fsp3) is 1.00. The summed E-state index contributed by atoms with van der Waals surface area (Å²) in [6, 6.07) is 0.208. The van der Waals surface area contributed by atoms with Crippen molar-refractivity contribution in [1.82, 2.24) is 5.32 Å². The highest BCUT2D eigenvalue weighted by atomic mass is 32.2. The average Bonchev–Trinajstić information content (AvgIpc) is 2.63. The van der Waals surface area contributed by atoms with Crippen molar-refractivity contribution in [1.29, 1.82) is 0 Å². The van der Waals surface area contributed by atoms with Gasteiger partial charge in [0.1, 0.15) is 0 Å². The lowest BCUT2D eigenvalue weighted by Gasteiger charge is -2.20. The molecule has 1 aliphatic carbocycles. The first-order valence-corrected chi connectivity index (χ1v) is 7.28. The van der Waals surface area contributed by atoms with Crippen molar-refractivity contribution >= 4 is 9.84 Å². The molecular formula is C10H21NO2S. The van der Waals surface area contributed by atoms with Crippen LogP contribution < -0.4 is 5.32 Å². The third-order valence-electron chi connectivity index (χ3n) is 2.97. The Hall–Kier alpha value is -0.0900. The van der Waals surface area contributed by atoms with Crippen LogP contribution in [0, 0.1) is 0 Å². The first-order chi connectivity index (χ1) is 6.61. The molecule has 0 aliphatic heterocycles. The van der Waals surface area contributed by atoms with E-state index in [-0.39, 0.29) is 17.0 Å². The molecule has 0 heterocycles. The minimum absolute atomic E-state index is 0.126. The topological polar surface area (TPSA) is 46.2 Å². The second-order valence-electron chi connectivity index (χ2n) is 3.98. The monoisotopic (exact) mass is 219 g/mol. The van der Waals surface area contributed by atoms with Gasteiger partial charge in [-0.05, 0) is 25.8 Å². The Labute approximate surface area is 87.2 Å². The smallest absolute Gasteiger partial charge is 0.154 e. The predicted molar refractivity (Wildman–Crippen MR) is 59.2 cm³/mol. The molecule has 0 bridgehead atoms. The first kappa shape index (κ1) is 12.0. The van der Waals surface area contributed by atoms with Gasteiger partial charge in [-0.1, -0.05) is 20.3 Å². The van der Waals surface area contributed by atoms with Gasteiger partial charge in [0.15, 0.2) is 9.84 Å². The third-order valence-corrected chi connectivity index (χ3v) is 5.26. The van der Waals surface area contributed by atoms with Crippen LogP contribution in [0.5, 0.6) is 0 Å². The Morgan fingerprint density at radius 3 is 2.57 bits per heavy atom. The fourth-order valence-corrected chi connectivity index (χ4v) is 3.82. The number of nitrogens with one attached hydrogen (secondary N) is 1. The molecule has 2 unspecified atom stereocenters. The summed E-state index contributed by atoms with van der Waals surface area (Å²) in [5.41, 5.74) is 0. The molecule has 2 atom stereocenters. The van der Waals surface area contributed by atoms with Crippen molar-refractivity contribution < 1.29 is 8.42 Å². The summed E-state index contributed by atoms with van der Waals surface area (Å²) in [6.07, 6.45) is 3.97. The van der Waals surface area contributed by atoms with Crippen molar-refractivity contribution in [2.75, 3.05) is 12.3 Å². The standard InChI is InChI=1S/C10H21NO2S/c1-3-8-11-9-6-5-7-10(9)14(12,13)4-2/h9-11H,3-8H2,1-2H3. The lowest BCUT2D eigenvalue weighted by Crippen LogP contribution is -2.41. The molecule has 0 aromatic carbocycles. The second kappa shape index (κ2) is 5.12. The van der Waals surface area contributed by atoms with E-state index < -0.39 is 9.84 Å². The van der Waals surface area contributed by atoms with Crippen LogP contribution in [0.25, 0.3) is 0 Å². The van der Waals surface area contributed by atoms with E-state index in [2.05, 4.69) is 12.2 Å². The normalized spacial score (nSPS) is 28.1. The Bertz CT molecular complexity index is 261. The summed E-state index contributed by atoms with van der Waals surface area (Å²) >= 11 is 0. The molecule has 0 aromatic rings. The van der Waals surface area contributed by atoms with Gasteiger partial charge < -0.3 is 5.32 Å². The minimum Gasteiger partial charge on any atom is -0.313 e. The highest BCUT2D eigenvalue weighted by molar-refractivity contribution is 7.92. The SMILES string of the molecule is CCCNC1CCCC1S(=O)(=O)CC. The van der Waals surface area contributed by atoms with Crippen LogP contribution in [0.4, 0.5) is 0 Å². The maximum Gasteiger partial charge on any atom is 0.154 e. The molecule has 1 N–H and O–H groups in total. The van der Waals surface area contributed by atoms with Crippen LogP contribution in [0.1, 0.15) is 39.5 Å². The highest BCUT2D eigenvalue weighted by Crippen LogP contribution is 2.25. The summed E-state index contributed by atoms with van der Waals surface area (Å²) in [7, 11) is -2.84. The van der Waals surface area contributed by atoms with Crippen molar-refractivity contribution in [2.24, 2.45) is 0 Å². The number of hydrogen-bond donors (Lipinski definition) is 1. The van der Waals surface area contributed by atoms with Gasteiger partial charge in [0.2, 0.25) is 0 Å². The van der Waals surface area contributed by atoms with Crippen LogP contribution in [-0.4, -0.2) is 32.0 Å². The number of rotatable bonds is 5. The maximum atomic E-state index is 11.7. The molecule has 1 aliphatic rings. The predicted octanol–water partition coefficient (Wildman–Crippen LogP) is 1.34. The zero-order valence-electron chi connectivity index (χ0n) is 9.12. The summed E-state index contributed by atoms with van der Waals surface area (Å²) in [6.45, 7) is 4.77. The molecule has 0 aromatic heterocycles. The molecule has 0 saturated heterocycles. The zero-order chi connectivity index (χ0) is 10.6. The Balaban J connectivity index is 2.59. The van der Waals surface area contributed by atoms with E-state index in [4.69, 9.17) is 0 Å². The molecule has 3 nitrogen and oxygen atoms in total. The summed E-state index contributed by atoms with van der Waals surface area (Å²) < 4.78 is 23.5. The Morgan fingerprint density at radius 2 is 2.00 bits per heavy atom. The summed E-state index contributed by atoms with van der Waals surface area (Å²) in [5, 5.41) is 3.22. The van der Waals surface area contributed by atoms with Crippen molar-refractivity contribution in [3.05, 3.63) is 0 Å². The maximum absolute atomic E-state index is 11.7.